The monoisotopic (exact) mass is 421 g/mol. The van der Waals surface area contributed by atoms with Crippen molar-refractivity contribution in [3.8, 4) is 0 Å². The van der Waals surface area contributed by atoms with Gasteiger partial charge in [-0.25, -0.2) is 13.6 Å². The summed E-state index contributed by atoms with van der Waals surface area (Å²) in [6.45, 7) is 0. The maximum Gasteiger partial charge on any atom is 0.419 e. The minimum Gasteiger partial charge on any atom is -0.478 e. The summed E-state index contributed by atoms with van der Waals surface area (Å²) in [6, 6.07) is 10.8. The van der Waals surface area contributed by atoms with Crippen molar-refractivity contribution in [1.82, 2.24) is 0 Å². The Bertz CT molecular complexity index is 1200. The molecule has 1 aliphatic rings. The molecule has 3 aromatic carbocycles. The fourth-order valence-electron chi connectivity index (χ4n) is 3.45. The summed E-state index contributed by atoms with van der Waals surface area (Å²) in [5.41, 5.74) is -0.943. The van der Waals surface area contributed by atoms with Crippen LogP contribution in [-0.4, -0.2) is 16.8 Å². The number of oxime groups is 1. The Balaban J connectivity index is 1.70. The molecule has 0 aromatic heterocycles. The highest BCUT2D eigenvalue weighted by Gasteiger charge is 2.37. The molecule has 0 bridgehead atoms. The van der Waals surface area contributed by atoms with Gasteiger partial charge < -0.3 is 9.94 Å². The van der Waals surface area contributed by atoms with E-state index in [-0.39, 0.29) is 17.5 Å². The predicted molar refractivity (Wildman–Crippen MR) is 97.2 cm³/mol. The fraction of sp³-hybridized carbons (Fsp3) is 0.143. The van der Waals surface area contributed by atoms with Crippen LogP contribution in [0, 0.1) is 11.6 Å². The summed E-state index contributed by atoms with van der Waals surface area (Å²) >= 11 is 0. The van der Waals surface area contributed by atoms with Crippen LogP contribution in [0.5, 0.6) is 0 Å². The van der Waals surface area contributed by atoms with Gasteiger partial charge in [0.1, 0.15) is 0 Å². The van der Waals surface area contributed by atoms with E-state index in [9.17, 15) is 31.9 Å². The van der Waals surface area contributed by atoms with Crippen molar-refractivity contribution in [3.05, 3.63) is 82.4 Å². The van der Waals surface area contributed by atoms with Crippen molar-refractivity contribution >= 4 is 22.5 Å². The lowest BCUT2D eigenvalue weighted by atomic mass is 9.93. The second kappa shape index (κ2) is 7.08. The molecule has 1 unspecified atom stereocenters. The lowest BCUT2D eigenvalue weighted by Crippen LogP contribution is -2.12. The average Bonchev–Trinajstić information content (AvgIpc) is 3.18. The quantitative estimate of drug-likeness (QED) is 0.552. The van der Waals surface area contributed by atoms with E-state index >= 15 is 0 Å². The Morgan fingerprint density at radius 3 is 2.43 bits per heavy atom. The standard InChI is InChI=1S/C21H12F5NO3/c22-16-8-10(7-15(19(16)23)21(24,25)26)18-9-17(27-30-18)13-5-6-14(20(28)29)12-4-2-1-3-11(12)13/h1-8,18H,9H2,(H,28,29). The van der Waals surface area contributed by atoms with Crippen molar-refractivity contribution < 1.29 is 36.7 Å². The van der Waals surface area contributed by atoms with Crippen molar-refractivity contribution in [1.29, 1.82) is 0 Å². The number of hydrogen-bond donors (Lipinski definition) is 1. The van der Waals surface area contributed by atoms with Crippen LogP contribution in [-0.2, 0) is 11.0 Å². The van der Waals surface area contributed by atoms with E-state index in [0.717, 1.165) is 0 Å². The maximum absolute atomic E-state index is 13.7. The molecule has 4 nitrogen and oxygen atoms in total. The number of halogens is 5. The molecule has 154 valence electrons. The summed E-state index contributed by atoms with van der Waals surface area (Å²) in [4.78, 5) is 16.7. The second-order valence-corrected chi connectivity index (χ2v) is 6.71. The van der Waals surface area contributed by atoms with Gasteiger partial charge in [0.2, 0.25) is 0 Å². The Labute approximate surface area is 166 Å². The van der Waals surface area contributed by atoms with Crippen LogP contribution < -0.4 is 0 Å². The lowest BCUT2D eigenvalue weighted by Gasteiger charge is -2.14. The zero-order valence-electron chi connectivity index (χ0n) is 15.0. The molecule has 0 radical (unpaired) electrons. The number of fused-ring (bicyclic) bond motifs is 1. The summed E-state index contributed by atoms with van der Waals surface area (Å²) in [5, 5.41) is 14.3. The normalized spacial score (nSPS) is 16.4. The van der Waals surface area contributed by atoms with E-state index < -0.39 is 35.4 Å². The van der Waals surface area contributed by atoms with E-state index in [0.29, 0.717) is 34.2 Å². The van der Waals surface area contributed by atoms with Gasteiger partial charge in [-0.3, -0.25) is 0 Å². The highest BCUT2D eigenvalue weighted by atomic mass is 19.4. The summed E-state index contributed by atoms with van der Waals surface area (Å²) in [5.74, 6) is -4.71. The molecule has 0 amide bonds. The van der Waals surface area contributed by atoms with Crippen molar-refractivity contribution in [2.24, 2.45) is 5.16 Å². The van der Waals surface area contributed by atoms with Crippen LogP contribution in [0.3, 0.4) is 0 Å². The predicted octanol–water partition coefficient (Wildman–Crippen LogP) is 5.70. The molecule has 3 aromatic rings. The summed E-state index contributed by atoms with van der Waals surface area (Å²) < 4.78 is 66.3. The largest absolute Gasteiger partial charge is 0.478 e. The van der Waals surface area contributed by atoms with E-state index in [4.69, 9.17) is 4.84 Å². The van der Waals surface area contributed by atoms with Crippen LogP contribution in [0.4, 0.5) is 22.0 Å². The number of nitrogens with zero attached hydrogens (tertiary/aromatic N) is 1. The third-order valence-corrected chi connectivity index (χ3v) is 4.86. The molecule has 0 saturated carbocycles. The van der Waals surface area contributed by atoms with E-state index in [1.165, 1.54) is 12.1 Å². The molecular formula is C21H12F5NO3. The molecular weight excluding hydrogens is 409 g/mol. The van der Waals surface area contributed by atoms with Gasteiger partial charge in [0.05, 0.1) is 16.8 Å². The van der Waals surface area contributed by atoms with Gasteiger partial charge in [-0.15, -0.1) is 0 Å². The molecule has 1 aliphatic heterocycles. The highest BCUT2D eigenvalue weighted by molar-refractivity contribution is 6.15. The second-order valence-electron chi connectivity index (χ2n) is 6.71. The van der Waals surface area contributed by atoms with Gasteiger partial charge in [0.15, 0.2) is 17.7 Å². The van der Waals surface area contributed by atoms with Gasteiger partial charge in [-0.2, -0.15) is 13.2 Å². The van der Waals surface area contributed by atoms with Crippen LogP contribution >= 0.6 is 0 Å². The molecule has 1 heterocycles. The number of carboxylic acids is 1. The molecule has 0 spiro atoms. The summed E-state index contributed by atoms with van der Waals surface area (Å²) in [7, 11) is 0. The van der Waals surface area contributed by atoms with Crippen molar-refractivity contribution in [3.63, 3.8) is 0 Å². The lowest BCUT2D eigenvalue weighted by molar-refractivity contribution is -0.140. The number of benzene rings is 3. The topological polar surface area (TPSA) is 58.9 Å². The zero-order chi connectivity index (χ0) is 21.6. The van der Waals surface area contributed by atoms with Gasteiger partial charge in [-0.05, 0) is 34.5 Å². The first-order chi connectivity index (χ1) is 14.2. The number of aromatic carboxylic acids is 1. The first-order valence-electron chi connectivity index (χ1n) is 8.71. The number of alkyl halides is 3. The van der Waals surface area contributed by atoms with Crippen molar-refractivity contribution in [2.45, 2.75) is 18.7 Å². The molecule has 0 fully saturated rings. The SMILES string of the molecule is O=C(O)c1ccc(C2=NOC(c3cc(F)c(F)c(C(F)(F)F)c3)C2)c2ccccc12. The smallest absolute Gasteiger partial charge is 0.419 e. The number of carbonyl (C=O) groups is 1. The Morgan fingerprint density at radius 2 is 1.77 bits per heavy atom. The molecule has 9 heteroatoms. The van der Waals surface area contributed by atoms with E-state index in [1.54, 1.807) is 24.3 Å². The molecule has 1 atom stereocenters. The van der Waals surface area contributed by atoms with Gasteiger partial charge in [0, 0.05) is 12.0 Å². The molecule has 0 aliphatic carbocycles. The molecule has 1 N–H and O–H groups in total. The zero-order valence-corrected chi connectivity index (χ0v) is 15.0. The molecule has 30 heavy (non-hydrogen) atoms. The third-order valence-electron chi connectivity index (χ3n) is 4.86. The first kappa shape index (κ1) is 19.8. The first-order valence-corrected chi connectivity index (χ1v) is 8.71. The Kier molecular flexibility index (Phi) is 4.68. The minimum absolute atomic E-state index is 0.00121. The van der Waals surface area contributed by atoms with Gasteiger partial charge >= 0.3 is 12.1 Å². The maximum atomic E-state index is 13.7. The molecule has 4 rings (SSSR count). The van der Waals surface area contributed by atoms with Crippen LogP contribution in [0.25, 0.3) is 10.8 Å². The van der Waals surface area contributed by atoms with Gasteiger partial charge in [0.25, 0.3) is 0 Å². The van der Waals surface area contributed by atoms with E-state index in [1.807, 2.05) is 0 Å². The Morgan fingerprint density at radius 1 is 1.07 bits per heavy atom. The van der Waals surface area contributed by atoms with E-state index in [2.05, 4.69) is 5.16 Å². The van der Waals surface area contributed by atoms with Crippen molar-refractivity contribution in [2.75, 3.05) is 0 Å². The Hall–Kier alpha value is -3.49. The fourth-order valence-corrected chi connectivity index (χ4v) is 3.45. The molecule has 0 saturated heterocycles. The van der Waals surface area contributed by atoms with Crippen LogP contribution in [0.1, 0.15) is 39.6 Å². The number of hydrogen-bond acceptors (Lipinski definition) is 3. The third kappa shape index (κ3) is 3.36. The van der Waals surface area contributed by atoms with Crippen LogP contribution in [0.15, 0.2) is 53.7 Å². The minimum atomic E-state index is -5.06. The highest BCUT2D eigenvalue weighted by Crippen LogP contribution is 2.38. The number of rotatable bonds is 3. The summed E-state index contributed by atoms with van der Waals surface area (Å²) in [6.07, 6.45) is -6.11. The van der Waals surface area contributed by atoms with Crippen LogP contribution in [0.2, 0.25) is 0 Å². The average molecular weight is 421 g/mol. The van der Waals surface area contributed by atoms with Gasteiger partial charge in [-0.1, -0.05) is 35.5 Å². The number of carboxylic acid groups (broad SMARTS) is 1.